The maximum atomic E-state index is 15.3. The molecule has 2 aromatic heterocycles. The molecule has 0 amide bonds. The highest BCUT2D eigenvalue weighted by Crippen LogP contribution is 2.64. The molecule has 6 rings (SSSR count). The normalized spacial score (nSPS) is 15.0. The summed E-state index contributed by atoms with van der Waals surface area (Å²) in [5.41, 5.74) is -1.11. The third-order valence-corrected chi connectivity index (χ3v) is 7.91. The Morgan fingerprint density at radius 2 is 1.14 bits per heavy atom. The van der Waals surface area contributed by atoms with Gasteiger partial charge in [0.1, 0.15) is 5.41 Å². The van der Waals surface area contributed by atoms with Gasteiger partial charge in [-0.2, -0.15) is 13.2 Å². The summed E-state index contributed by atoms with van der Waals surface area (Å²) in [5.74, 6) is 0. The van der Waals surface area contributed by atoms with Gasteiger partial charge in [0.2, 0.25) is 0 Å². The van der Waals surface area contributed by atoms with E-state index in [2.05, 4.69) is 0 Å². The third-order valence-electron chi connectivity index (χ3n) is 5.92. The first kappa shape index (κ1) is 17.2. The Morgan fingerprint density at radius 1 is 0.655 bits per heavy atom. The molecule has 1 aliphatic carbocycles. The highest BCUT2D eigenvalue weighted by molar-refractivity contribution is 7.21. The minimum atomic E-state index is -4.48. The second-order valence-corrected chi connectivity index (χ2v) is 9.10. The van der Waals surface area contributed by atoms with Gasteiger partial charge in [-0.1, -0.05) is 48.5 Å². The van der Waals surface area contributed by atoms with Crippen molar-refractivity contribution in [3.8, 4) is 9.75 Å². The average molecular weight is 422 g/mol. The number of fused-ring (bicyclic) bond motifs is 5. The van der Waals surface area contributed by atoms with Crippen molar-refractivity contribution in [1.82, 2.24) is 0 Å². The average Bonchev–Trinajstić information content (AvgIpc) is 3.40. The van der Waals surface area contributed by atoms with Crippen molar-refractivity contribution in [3.63, 3.8) is 0 Å². The summed E-state index contributed by atoms with van der Waals surface area (Å²) in [7, 11) is 0. The zero-order chi connectivity index (χ0) is 19.8. The van der Waals surface area contributed by atoms with Crippen molar-refractivity contribution < 1.29 is 13.2 Å². The molecule has 3 aromatic carbocycles. The molecule has 29 heavy (non-hydrogen) atoms. The van der Waals surface area contributed by atoms with E-state index >= 15 is 13.2 Å². The fraction of sp³-hybridized carbons (Fsp3) is 0.0833. The topological polar surface area (TPSA) is 0 Å². The van der Waals surface area contributed by atoms with E-state index in [-0.39, 0.29) is 0 Å². The van der Waals surface area contributed by atoms with Gasteiger partial charge in [-0.15, -0.1) is 22.7 Å². The summed E-state index contributed by atoms with van der Waals surface area (Å²) in [6.45, 7) is 0. The molecule has 0 bridgehead atoms. The Bertz CT molecular complexity index is 1310. The lowest BCUT2D eigenvalue weighted by atomic mass is 9.69. The molecule has 142 valence electrons. The summed E-state index contributed by atoms with van der Waals surface area (Å²) < 4.78 is 45.8. The highest BCUT2D eigenvalue weighted by Gasteiger charge is 2.64. The van der Waals surface area contributed by atoms with Crippen LogP contribution in [0.5, 0.6) is 0 Å². The van der Waals surface area contributed by atoms with Crippen LogP contribution in [0.15, 0.2) is 77.5 Å². The lowest BCUT2D eigenvalue weighted by Crippen LogP contribution is -2.43. The Balaban J connectivity index is 1.92. The van der Waals surface area contributed by atoms with Crippen molar-refractivity contribution in [1.29, 1.82) is 0 Å². The van der Waals surface area contributed by atoms with Gasteiger partial charge < -0.3 is 0 Å². The first-order valence-electron chi connectivity index (χ1n) is 9.17. The van der Waals surface area contributed by atoms with Crippen molar-refractivity contribution >= 4 is 44.2 Å². The predicted molar refractivity (Wildman–Crippen MR) is 115 cm³/mol. The first-order chi connectivity index (χ1) is 14.0. The highest BCUT2D eigenvalue weighted by atomic mass is 32.1. The van der Waals surface area contributed by atoms with Crippen molar-refractivity contribution in [2.75, 3.05) is 0 Å². The maximum absolute atomic E-state index is 15.3. The van der Waals surface area contributed by atoms with Crippen LogP contribution in [0.25, 0.3) is 31.3 Å². The minimum absolute atomic E-state index is 0.343. The zero-order valence-electron chi connectivity index (χ0n) is 15.0. The van der Waals surface area contributed by atoms with Crippen LogP contribution in [-0.4, -0.2) is 6.18 Å². The number of halogens is 3. The van der Waals surface area contributed by atoms with E-state index < -0.39 is 11.6 Å². The SMILES string of the molecule is FC(F)(F)C1(c2c3ccccc3cc3ccccc23)c2ccsc2-c2sccc21. The van der Waals surface area contributed by atoms with Gasteiger partial charge in [-0.25, -0.2) is 0 Å². The largest absolute Gasteiger partial charge is 0.406 e. The maximum Gasteiger partial charge on any atom is 0.406 e. The van der Waals surface area contributed by atoms with E-state index in [4.69, 9.17) is 0 Å². The molecule has 0 aliphatic heterocycles. The van der Waals surface area contributed by atoms with Gasteiger partial charge in [-0.05, 0) is 67.2 Å². The van der Waals surface area contributed by atoms with Crippen LogP contribution < -0.4 is 0 Å². The van der Waals surface area contributed by atoms with Crippen LogP contribution in [-0.2, 0) is 5.41 Å². The van der Waals surface area contributed by atoms with Crippen molar-refractivity contribution in [2.24, 2.45) is 0 Å². The molecule has 0 spiro atoms. The Hall–Kier alpha value is -2.63. The monoisotopic (exact) mass is 422 g/mol. The van der Waals surface area contributed by atoms with E-state index in [0.29, 0.717) is 27.5 Å². The van der Waals surface area contributed by atoms with E-state index in [1.807, 2.05) is 54.6 Å². The summed E-state index contributed by atoms with van der Waals surface area (Å²) >= 11 is 2.79. The van der Waals surface area contributed by atoms with Gasteiger partial charge in [0.25, 0.3) is 0 Å². The molecule has 0 radical (unpaired) electrons. The number of thiophene rings is 2. The number of alkyl halides is 3. The third kappa shape index (κ3) is 2.04. The molecule has 0 atom stereocenters. The van der Waals surface area contributed by atoms with E-state index in [1.165, 1.54) is 22.7 Å². The smallest absolute Gasteiger partial charge is 0.169 e. The molecule has 0 nitrogen and oxygen atoms in total. The number of rotatable bonds is 1. The molecule has 0 unspecified atom stereocenters. The standard InChI is InChI=1S/C24H13F3S2/c25-24(26,27)23(18-9-11-28-21(18)22-19(23)10-12-29-22)20-16-7-3-1-5-14(16)13-15-6-2-4-8-17(15)20/h1-13H. The van der Waals surface area contributed by atoms with Gasteiger partial charge in [-0.3, -0.25) is 0 Å². The number of hydrogen-bond acceptors (Lipinski definition) is 2. The number of benzene rings is 3. The summed E-state index contributed by atoms with van der Waals surface area (Å²) in [6, 6.07) is 20.1. The van der Waals surface area contributed by atoms with E-state index in [1.54, 1.807) is 22.9 Å². The van der Waals surface area contributed by atoms with Crippen LogP contribution in [0, 0.1) is 0 Å². The number of hydrogen-bond donors (Lipinski definition) is 0. The van der Waals surface area contributed by atoms with Gasteiger partial charge in [0, 0.05) is 9.75 Å². The summed E-state index contributed by atoms with van der Waals surface area (Å²) in [6.07, 6.45) is -4.48. The van der Waals surface area contributed by atoms with Crippen LogP contribution in [0.3, 0.4) is 0 Å². The molecule has 5 aromatic rings. The van der Waals surface area contributed by atoms with E-state index in [0.717, 1.165) is 20.5 Å². The van der Waals surface area contributed by atoms with Crippen LogP contribution in [0.1, 0.15) is 16.7 Å². The van der Waals surface area contributed by atoms with Gasteiger partial charge >= 0.3 is 6.18 Å². The molecule has 0 fully saturated rings. The molecule has 2 heterocycles. The second-order valence-electron chi connectivity index (χ2n) is 7.27. The van der Waals surface area contributed by atoms with Crippen molar-refractivity contribution in [3.05, 3.63) is 94.2 Å². The quantitative estimate of drug-likeness (QED) is 0.240. The Labute approximate surface area is 172 Å². The van der Waals surface area contributed by atoms with E-state index in [9.17, 15) is 0 Å². The fourth-order valence-corrected chi connectivity index (χ4v) is 6.94. The van der Waals surface area contributed by atoms with Gasteiger partial charge in [0.05, 0.1) is 0 Å². The molecule has 0 saturated carbocycles. The lowest BCUT2D eigenvalue weighted by Gasteiger charge is -2.35. The lowest BCUT2D eigenvalue weighted by molar-refractivity contribution is -0.164. The molecular weight excluding hydrogens is 409 g/mol. The fourth-order valence-electron chi connectivity index (χ4n) is 4.84. The molecular formula is C24H13F3S2. The Morgan fingerprint density at radius 3 is 1.62 bits per heavy atom. The molecule has 0 N–H and O–H groups in total. The second kappa shape index (κ2) is 5.71. The molecule has 0 saturated heterocycles. The first-order valence-corrected chi connectivity index (χ1v) is 10.9. The van der Waals surface area contributed by atoms with Gasteiger partial charge in [0.15, 0.2) is 0 Å². The molecule has 5 heteroatoms. The van der Waals surface area contributed by atoms with Crippen LogP contribution >= 0.6 is 22.7 Å². The predicted octanol–water partition coefficient (Wildman–Crippen LogP) is 7.99. The van der Waals surface area contributed by atoms with Crippen molar-refractivity contribution in [2.45, 2.75) is 11.6 Å². The Kier molecular flexibility index (Phi) is 3.40. The van der Waals surface area contributed by atoms with Crippen LogP contribution in [0.4, 0.5) is 13.2 Å². The minimum Gasteiger partial charge on any atom is -0.169 e. The zero-order valence-corrected chi connectivity index (χ0v) is 16.6. The molecule has 1 aliphatic rings. The summed E-state index contributed by atoms with van der Waals surface area (Å²) in [4.78, 5) is 1.48. The summed E-state index contributed by atoms with van der Waals surface area (Å²) in [5, 5.41) is 6.51. The van der Waals surface area contributed by atoms with Crippen LogP contribution in [0.2, 0.25) is 0 Å².